The van der Waals surface area contributed by atoms with Gasteiger partial charge in [-0.1, -0.05) is 0 Å². The van der Waals surface area contributed by atoms with Gasteiger partial charge in [-0.05, 0) is 0 Å². The van der Waals surface area contributed by atoms with E-state index in [4.69, 9.17) is 0 Å². The van der Waals surface area contributed by atoms with Crippen LogP contribution in [-0.4, -0.2) is 16.9 Å². The number of rotatable bonds is 0. The standard InChI is InChI=1S/C4H9As/c1-4(2,3)5/h1-3H3. The maximum atomic E-state index is 2.58. The molecule has 0 rings (SSSR count). The summed E-state index contributed by atoms with van der Waals surface area (Å²) in [5.74, 6) is 0. The molecule has 0 aromatic heterocycles. The molecule has 5 heavy (non-hydrogen) atoms. The summed E-state index contributed by atoms with van der Waals surface area (Å²) in [6, 6.07) is 0. The van der Waals surface area contributed by atoms with E-state index in [0.717, 1.165) is 0 Å². The average Bonchev–Trinajstić information content (AvgIpc) is 0.722. The first-order valence-electron chi connectivity index (χ1n) is 1.72. The Labute approximate surface area is 42.5 Å². The Kier molecular flexibility index (Phi) is 1.49. The fraction of sp³-hybridized carbons (Fsp3) is 1.00. The Morgan fingerprint density at radius 3 is 1.20 bits per heavy atom. The molecule has 0 aliphatic heterocycles. The fourth-order valence-corrected chi connectivity index (χ4v) is 0. The van der Waals surface area contributed by atoms with E-state index >= 15 is 0 Å². The molecule has 0 saturated carbocycles. The Morgan fingerprint density at radius 2 is 1.20 bits per heavy atom. The van der Waals surface area contributed by atoms with Crippen molar-refractivity contribution in [2.75, 3.05) is 0 Å². The molecule has 0 amide bonds. The van der Waals surface area contributed by atoms with Gasteiger partial charge in [-0.3, -0.25) is 0 Å². The van der Waals surface area contributed by atoms with Crippen LogP contribution >= 0.6 is 0 Å². The van der Waals surface area contributed by atoms with Crippen LogP contribution in [0, 0.1) is 0 Å². The molecule has 0 nitrogen and oxygen atoms in total. The zero-order valence-corrected chi connectivity index (χ0v) is 5.82. The summed E-state index contributed by atoms with van der Waals surface area (Å²) in [6.45, 7) is 6.48. The molecule has 0 fully saturated rings. The van der Waals surface area contributed by atoms with Gasteiger partial charge in [0.25, 0.3) is 0 Å². The second-order valence-corrected chi connectivity index (χ2v) is 4.99. The SMILES string of the molecule is CC(C)(C)[As]. The van der Waals surface area contributed by atoms with Crippen molar-refractivity contribution < 1.29 is 0 Å². The predicted molar refractivity (Wildman–Crippen MR) is 25.5 cm³/mol. The minimum absolute atomic E-state index is 0.438. The monoisotopic (exact) mass is 132 g/mol. The summed E-state index contributed by atoms with van der Waals surface area (Å²) in [4.78, 5) is 0. The Hall–Kier alpha value is 0.558. The van der Waals surface area contributed by atoms with Gasteiger partial charge in [-0.25, -0.2) is 0 Å². The molecule has 2 radical (unpaired) electrons. The third kappa shape index (κ3) is 95.7. The second-order valence-electron chi connectivity index (χ2n) is 2.17. The third-order valence-corrected chi connectivity index (χ3v) is 0. The van der Waals surface area contributed by atoms with Crippen LogP contribution in [0.25, 0.3) is 0 Å². The Bertz CT molecular complexity index is 19.1. The van der Waals surface area contributed by atoms with Crippen molar-refractivity contribution in [3.8, 4) is 0 Å². The molecule has 0 aliphatic carbocycles. The van der Waals surface area contributed by atoms with Gasteiger partial charge in [0.15, 0.2) is 0 Å². The number of hydrogen-bond acceptors (Lipinski definition) is 0. The zero-order chi connectivity index (χ0) is 4.50. The van der Waals surface area contributed by atoms with Crippen LogP contribution in [0.3, 0.4) is 0 Å². The molecule has 0 atom stereocenters. The van der Waals surface area contributed by atoms with E-state index in [0.29, 0.717) is 4.20 Å². The quantitative estimate of drug-likeness (QED) is 0.436. The van der Waals surface area contributed by atoms with Crippen molar-refractivity contribution in [2.45, 2.75) is 25.0 Å². The van der Waals surface area contributed by atoms with Crippen molar-refractivity contribution in [2.24, 2.45) is 0 Å². The van der Waals surface area contributed by atoms with E-state index in [-0.39, 0.29) is 0 Å². The van der Waals surface area contributed by atoms with Gasteiger partial charge < -0.3 is 0 Å². The van der Waals surface area contributed by atoms with E-state index in [1.54, 1.807) is 0 Å². The molecule has 0 heterocycles. The van der Waals surface area contributed by atoms with Crippen LogP contribution in [0.15, 0.2) is 0 Å². The van der Waals surface area contributed by atoms with E-state index in [1.165, 1.54) is 0 Å². The summed E-state index contributed by atoms with van der Waals surface area (Å²) in [5, 5.41) is 0. The molecule has 0 aliphatic rings. The molecule has 1 heteroatoms. The van der Waals surface area contributed by atoms with Gasteiger partial charge >= 0.3 is 41.8 Å². The molecule has 0 bridgehead atoms. The number of hydrogen-bond donors (Lipinski definition) is 0. The van der Waals surface area contributed by atoms with Gasteiger partial charge in [0.2, 0.25) is 0 Å². The fourth-order valence-electron chi connectivity index (χ4n) is 0. The predicted octanol–water partition coefficient (Wildman–Crippen LogP) is 1.37. The van der Waals surface area contributed by atoms with Gasteiger partial charge in [-0.2, -0.15) is 0 Å². The first-order valence-corrected chi connectivity index (χ1v) is 2.66. The first kappa shape index (κ1) is 5.56. The maximum absolute atomic E-state index is 2.58. The average molecular weight is 132 g/mol. The van der Waals surface area contributed by atoms with Crippen molar-refractivity contribution in [1.29, 1.82) is 0 Å². The Balaban J connectivity index is 3.02. The van der Waals surface area contributed by atoms with Crippen LogP contribution in [0.2, 0.25) is 4.20 Å². The summed E-state index contributed by atoms with van der Waals surface area (Å²) in [5.41, 5.74) is 0. The first-order chi connectivity index (χ1) is 2.00. The molecular formula is C4H9As. The van der Waals surface area contributed by atoms with Crippen LogP contribution in [0.1, 0.15) is 20.8 Å². The summed E-state index contributed by atoms with van der Waals surface area (Å²) < 4.78 is 0.438. The van der Waals surface area contributed by atoms with Crippen LogP contribution in [-0.2, 0) is 0 Å². The van der Waals surface area contributed by atoms with Crippen molar-refractivity contribution in [3.05, 3.63) is 0 Å². The van der Waals surface area contributed by atoms with Crippen LogP contribution in [0.4, 0.5) is 0 Å². The molecule has 0 aromatic rings. The topological polar surface area (TPSA) is 0 Å². The molecular weight excluding hydrogens is 123 g/mol. The van der Waals surface area contributed by atoms with E-state index in [1.807, 2.05) is 0 Å². The normalized spacial score (nSPS) is 12.0. The van der Waals surface area contributed by atoms with Crippen LogP contribution < -0.4 is 0 Å². The summed E-state index contributed by atoms with van der Waals surface area (Å²) in [6.07, 6.45) is 0. The second kappa shape index (κ2) is 1.34. The summed E-state index contributed by atoms with van der Waals surface area (Å²) >= 11 is 2.58. The van der Waals surface area contributed by atoms with Gasteiger partial charge in [-0.15, -0.1) is 0 Å². The Morgan fingerprint density at radius 1 is 1.20 bits per heavy atom. The van der Waals surface area contributed by atoms with Gasteiger partial charge in [0.05, 0.1) is 0 Å². The zero-order valence-electron chi connectivity index (χ0n) is 3.95. The molecule has 0 saturated heterocycles. The van der Waals surface area contributed by atoms with E-state index in [2.05, 4.69) is 37.6 Å². The van der Waals surface area contributed by atoms with Crippen molar-refractivity contribution in [1.82, 2.24) is 0 Å². The molecule has 30 valence electrons. The molecule has 0 aromatic carbocycles. The van der Waals surface area contributed by atoms with E-state index < -0.39 is 0 Å². The minimum atomic E-state index is 0.438. The third-order valence-electron chi connectivity index (χ3n) is 0. The van der Waals surface area contributed by atoms with Crippen molar-refractivity contribution >= 4 is 16.9 Å². The molecule has 0 unspecified atom stereocenters. The summed E-state index contributed by atoms with van der Waals surface area (Å²) in [7, 11) is 0. The van der Waals surface area contributed by atoms with E-state index in [9.17, 15) is 0 Å². The van der Waals surface area contributed by atoms with Gasteiger partial charge in [0.1, 0.15) is 0 Å². The van der Waals surface area contributed by atoms with Crippen LogP contribution in [0.5, 0.6) is 0 Å². The van der Waals surface area contributed by atoms with Crippen molar-refractivity contribution in [3.63, 3.8) is 0 Å². The molecule has 0 N–H and O–H groups in total. The molecule has 0 spiro atoms. The van der Waals surface area contributed by atoms with Gasteiger partial charge in [0, 0.05) is 0 Å².